The van der Waals surface area contributed by atoms with Crippen molar-refractivity contribution in [2.45, 2.75) is 49.7 Å². The van der Waals surface area contributed by atoms with Crippen molar-refractivity contribution in [3.63, 3.8) is 0 Å². The third-order valence-electron chi connectivity index (χ3n) is 5.53. The summed E-state index contributed by atoms with van der Waals surface area (Å²) in [5, 5.41) is 23.1. The van der Waals surface area contributed by atoms with Crippen LogP contribution in [0.4, 0.5) is 22.4 Å². The van der Waals surface area contributed by atoms with Gasteiger partial charge in [0.05, 0.1) is 6.04 Å². The second kappa shape index (κ2) is 10.3. The highest BCUT2D eigenvalue weighted by molar-refractivity contribution is 5.77. The second-order valence-corrected chi connectivity index (χ2v) is 8.03. The summed E-state index contributed by atoms with van der Waals surface area (Å²) in [4.78, 5) is 14.9. The Labute approximate surface area is 188 Å². The molecule has 2 unspecified atom stereocenters. The SMILES string of the molecule is CN1CC(C=CC(O)C(F)(F)c2ccccc2)N(CCC(F)(F)CCCc2nn[nH]n2)C1=O. The number of aromatic amines is 1. The number of rotatable bonds is 11. The van der Waals surface area contributed by atoms with Crippen molar-refractivity contribution >= 4 is 6.03 Å². The molecule has 1 aromatic carbocycles. The van der Waals surface area contributed by atoms with Gasteiger partial charge < -0.3 is 14.9 Å². The van der Waals surface area contributed by atoms with Gasteiger partial charge in [0.15, 0.2) is 5.82 Å². The Bertz CT molecular complexity index is 926. The highest BCUT2D eigenvalue weighted by Crippen LogP contribution is 2.33. The van der Waals surface area contributed by atoms with E-state index in [1.807, 2.05) is 0 Å². The number of likely N-dealkylation sites (N-methyl/N-ethyl adjacent to an activating group) is 1. The minimum atomic E-state index is -3.54. The van der Waals surface area contributed by atoms with Gasteiger partial charge in [-0.25, -0.2) is 13.6 Å². The minimum Gasteiger partial charge on any atom is -0.382 e. The molecular formula is C21H26F4N6O2. The molecule has 0 aliphatic carbocycles. The molecule has 180 valence electrons. The lowest BCUT2D eigenvalue weighted by molar-refractivity contribution is -0.0929. The lowest BCUT2D eigenvalue weighted by Gasteiger charge is -2.25. The maximum Gasteiger partial charge on any atom is 0.320 e. The zero-order valence-electron chi connectivity index (χ0n) is 18.0. The van der Waals surface area contributed by atoms with Crippen molar-refractivity contribution in [3.05, 3.63) is 53.9 Å². The molecule has 8 nitrogen and oxygen atoms in total. The fourth-order valence-electron chi connectivity index (χ4n) is 3.63. The van der Waals surface area contributed by atoms with Crippen molar-refractivity contribution in [2.75, 3.05) is 20.1 Å². The summed E-state index contributed by atoms with van der Waals surface area (Å²) < 4.78 is 57.7. The van der Waals surface area contributed by atoms with E-state index in [2.05, 4.69) is 20.6 Å². The number of carbonyl (C=O) groups is 1. The van der Waals surface area contributed by atoms with E-state index >= 15 is 0 Å². The Morgan fingerprint density at radius 1 is 1.24 bits per heavy atom. The molecule has 0 radical (unpaired) electrons. The van der Waals surface area contributed by atoms with Crippen LogP contribution in [0.15, 0.2) is 42.5 Å². The van der Waals surface area contributed by atoms with Crippen LogP contribution in [-0.2, 0) is 12.3 Å². The maximum atomic E-state index is 14.5. The fourth-order valence-corrected chi connectivity index (χ4v) is 3.63. The normalized spacial score (nSPS) is 18.5. The summed E-state index contributed by atoms with van der Waals surface area (Å²) in [5.41, 5.74) is -0.348. The number of aliphatic hydroxyl groups is 1. The largest absolute Gasteiger partial charge is 0.382 e. The maximum absolute atomic E-state index is 14.5. The Morgan fingerprint density at radius 2 is 1.97 bits per heavy atom. The van der Waals surface area contributed by atoms with Crippen molar-refractivity contribution in [1.82, 2.24) is 30.4 Å². The number of benzene rings is 1. The van der Waals surface area contributed by atoms with Crippen LogP contribution < -0.4 is 0 Å². The molecule has 1 aliphatic heterocycles. The van der Waals surface area contributed by atoms with E-state index in [1.165, 1.54) is 47.2 Å². The average molecular weight is 470 g/mol. The molecule has 2 amide bonds. The Balaban J connectivity index is 1.58. The molecule has 1 fully saturated rings. The molecule has 1 aliphatic rings. The number of aryl methyl sites for hydroxylation is 1. The summed E-state index contributed by atoms with van der Waals surface area (Å²) >= 11 is 0. The molecular weight excluding hydrogens is 444 g/mol. The summed E-state index contributed by atoms with van der Waals surface area (Å²) in [5.74, 6) is -6.22. The number of aromatic nitrogens is 4. The Morgan fingerprint density at radius 3 is 2.64 bits per heavy atom. The second-order valence-electron chi connectivity index (χ2n) is 8.03. The van der Waals surface area contributed by atoms with E-state index in [-0.39, 0.29) is 31.5 Å². The summed E-state index contributed by atoms with van der Waals surface area (Å²) in [6, 6.07) is 5.69. The molecule has 33 heavy (non-hydrogen) atoms. The van der Waals surface area contributed by atoms with Crippen LogP contribution in [0.2, 0.25) is 0 Å². The monoisotopic (exact) mass is 470 g/mol. The Hall–Kier alpha value is -3.02. The first kappa shape index (κ1) is 24.6. The molecule has 3 rings (SSSR count). The number of urea groups is 1. The zero-order valence-corrected chi connectivity index (χ0v) is 18.0. The number of nitrogens with zero attached hydrogens (tertiary/aromatic N) is 5. The molecule has 0 saturated carbocycles. The van der Waals surface area contributed by atoms with Gasteiger partial charge in [-0.3, -0.25) is 0 Å². The molecule has 0 spiro atoms. The number of nitrogens with one attached hydrogen (secondary N) is 1. The van der Waals surface area contributed by atoms with Crippen molar-refractivity contribution in [1.29, 1.82) is 0 Å². The Kier molecular flexibility index (Phi) is 7.67. The summed E-state index contributed by atoms with van der Waals surface area (Å²) in [6.07, 6.45) is -0.541. The number of amides is 2. The first-order valence-corrected chi connectivity index (χ1v) is 10.5. The molecule has 2 atom stereocenters. The highest BCUT2D eigenvalue weighted by atomic mass is 19.3. The number of aliphatic hydroxyl groups excluding tert-OH is 1. The van der Waals surface area contributed by atoms with Crippen molar-refractivity contribution in [3.8, 4) is 0 Å². The van der Waals surface area contributed by atoms with Crippen LogP contribution >= 0.6 is 0 Å². The quantitative estimate of drug-likeness (QED) is 0.389. The first-order valence-electron chi connectivity index (χ1n) is 10.5. The van der Waals surface area contributed by atoms with Crippen LogP contribution in [0, 0.1) is 0 Å². The molecule has 2 aromatic rings. The van der Waals surface area contributed by atoms with Crippen LogP contribution in [0.1, 0.15) is 30.7 Å². The number of hydrogen-bond donors (Lipinski definition) is 2. The van der Waals surface area contributed by atoms with E-state index < -0.39 is 42.9 Å². The third kappa shape index (κ3) is 6.28. The number of carbonyl (C=O) groups excluding carboxylic acids is 1. The van der Waals surface area contributed by atoms with Crippen LogP contribution in [0.5, 0.6) is 0 Å². The predicted octanol–water partition coefficient (Wildman–Crippen LogP) is 2.99. The topological polar surface area (TPSA) is 98.2 Å². The lowest BCUT2D eigenvalue weighted by atomic mass is 10.0. The molecule has 1 saturated heterocycles. The van der Waals surface area contributed by atoms with E-state index in [0.29, 0.717) is 5.82 Å². The average Bonchev–Trinajstić information content (AvgIpc) is 3.39. The van der Waals surface area contributed by atoms with Crippen LogP contribution in [-0.4, -0.2) is 79.8 Å². The van der Waals surface area contributed by atoms with Gasteiger partial charge in [-0.2, -0.15) is 14.0 Å². The van der Waals surface area contributed by atoms with Gasteiger partial charge >= 0.3 is 12.0 Å². The number of halogens is 4. The number of H-pyrrole nitrogens is 1. The number of alkyl halides is 4. The van der Waals surface area contributed by atoms with Crippen LogP contribution in [0.25, 0.3) is 0 Å². The third-order valence-corrected chi connectivity index (χ3v) is 5.53. The standard InChI is InChI=1S/C21H26F4N6O2/c1-30-14-16(9-10-17(32)21(24,25)15-6-3-2-4-7-15)31(19(30)33)13-12-20(22,23)11-5-8-18-26-28-29-27-18/h2-4,6-7,9-10,16-17,32H,5,8,11-14H2,1H3,(H,26,27,28,29). The zero-order chi connectivity index (χ0) is 24.1. The van der Waals surface area contributed by atoms with Gasteiger partial charge in [0.1, 0.15) is 6.10 Å². The van der Waals surface area contributed by atoms with Crippen molar-refractivity contribution < 1.29 is 27.5 Å². The molecule has 2 heterocycles. The van der Waals surface area contributed by atoms with Gasteiger partial charge in [0.2, 0.25) is 5.92 Å². The van der Waals surface area contributed by atoms with Gasteiger partial charge in [-0.05, 0) is 6.42 Å². The van der Waals surface area contributed by atoms with Gasteiger partial charge in [-0.15, -0.1) is 10.2 Å². The number of hydrogen-bond acceptors (Lipinski definition) is 5. The van der Waals surface area contributed by atoms with Gasteiger partial charge in [-0.1, -0.05) is 47.7 Å². The summed E-state index contributed by atoms with van der Waals surface area (Å²) in [6.45, 7) is -0.110. The van der Waals surface area contributed by atoms with Crippen LogP contribution in [0.3, 0.4) is 0 Å². The smallest absolute Gasteiger partial charge is 0.320 e. The molecule has 12 heteroatoms. The van der Waals surface area contributed by atoms with E-state index in [0.717, 1.165) is 6.08 Å². The first-order chi connectivity index (χ1) is 15.6. The lowest BCUT2D eigenvalue weighted by Crippen LogP contribution is -2.37. The minimum absolute atomic E-state index is 0.141. The van der Waals surface area contributed by atoms with Gasteiger partial charge in [0.25, 0.3) is 0 Å². The predicted molar refractivity (Wildman–Crippen MR) is 111 cm³/mol. The summed E-state index contributed by atoms with van der Waals surface area (Å²) in [7, 11) is 1.50. The van der Waals surface area contributed by atoms with Gasteiger partial charge in [0, 0.05) is 45.0 Å². The van der Waals surface area contributed by atoms with E-state index in [9.17, 15) is 27.5 Å². The van der Waals surface area contributed by atoms with Crippen molar-refractivity contribution in [2.24, 2.45) is 0 Å². The fraction of sp³-hybridized carbons (Fsp3) is 0.524. The molecule has 2 N–H and O–H groups in total. The van der Waals surface area contributed by atoms with E-state index in [4.69, 9.17) is 0 Å². The number of tetrazole rings is 1. The van der Waals surface area contributed by atoms with E-state index in [1.54, 1.807) is 6.07 Å². The molecule has 0 bridgehead atoms. The molecule has 1 aromatic heterocycles. The highest BCUT2D eigenvalue weighted by Gasteiger charge is 2.40.